The zero-order valence-corrected chi connectivity index (χ0v) is 26.6. The van der Waals surface area contributed by atoms with Crippen LogP contribution in [0.15, 0.2) is 36.7 Å². The number of amides is 3. The second-order valence-electron chi connectivity index (χ2n) is 13.4. The Kier molecular flexibility index (Phi) is 8.60. The number of aromatic nitrogens is 3. The maximum Gasteiger partial charge on any atom is 0.414 e. The number of pyridine rings is 1. The standard InChI is InChI=1S/C33H38FN7O6/c1-32(2,3)47-30(43)40-29-35-10-6-25(39-29)24-16-37-27(23-7-11-46-26(23)24)36-15-19-12-20(14-21(34)13-19)28(42)38-22-4-8-33(9-5-22)17-41(18-33)31(44)45/h6,10,12-14,16,22H,4-5,7-9,11,15,17-18H2,1-3H3,(H,36,37)(H,38,42)(H,44,45)(H,35,39,40,43). The van der Waals surface area contributed by atoms with Crippen LogP contribution in [-0.2, 0) is 17.7 Å². The number of halogens is 1. The van der Waals surface area contributed by atoms with Crippen LogP contribution in [0.2, 0.25) is 0 Å². The number of likely N-dealkylation sites (tertiary alicyclic amines) is 1. The molecule has 0 radical (unpaired) electrons. The third-order valence-electron chi connectivity index (χ3n) is 8.65. The predicted octanol–water partition coefficient (Wildman–Crippen LogP) is 5.22. The quantitative estimate of drug-likeness (QED) is 0.267. The first kappa shape index (κ1) is 32.0. The van der Waals surface area contributed by atoms with Gasteiger partial charge in [0.15, 0.2) is 0 Å². The van der Waals surface area contributed by atoms with Crippen LogP contribution in [-0.4, -0.2) is 74.4 Å². The molecule has 4 heterocycles. The molecule has 2 fully saturated rings. The van der Waals surface area contributed by atoms with Gasteiger partial charge in [0.25, 0.3) is 5.91 Å². The Morgan fingerprint density at radius 1 is 1.15 bits per heavy atom. The van der Waals surface area contributed by atoms with Crippen LogP contribution in [0.3, 0.4) is 0 Å². The molecule has 0 bridgehead atoms. The van der Waals surface area contributed by atoms with Crippen molar-refractivity contribution >= 4 is 29.9 Å². The van der Waals surface area contributed by atoms with Gasteiger partial charge in [-0.15, -0.1) is 0 Å². The fourth-order valence-electron chi connectivity index (χ4n) is 6.41. The van der Waals surface area contributed by atoms with Crippen molar-refractivity contribution in [2.45, 2.75) is 71.1 Å². The minimum absolute atomic E-state index is 0.0194. The molecule has 1 spiro atoms. The monoisotopic (exact) mass is 647 g/mol. The lowest BCUT2D eigenvalue weighted by molar-refractivity contribution is -0.0202. The Balaban J connectivity index is 1.09. The van der Waals surface area contributed by atoms with Gasteiger partial charge in [-0.05, 0) is 76.3 Å². The van der Waals surface area contributed by atoms with Crippen LogP contribution in [0.1, 0.15) is 67.9 Å². The van der Waals surface area contributed by atoms with Crippen molar-refractivity contribution in [1.82, 2.24) is 25.2 Å². The molecular weight excluding hydrogens is 609 g/mol. The highest BCUT2D eigenvalue weighted by Crippen LogP contribution is 2.44. The molecule has 3 aliphatic rings. The van der Waals surface area contributed by atoms with Gasteiger partial charge in [0.2, 0.25) is 5.95 Å². The molecule has 47 heavy (non-hydrogen) atoms. The molecule has 1 saturated heterocycles. The molecule has 1 aliphatic carbocycles. The average molecular weight is 648 g/mol. The van der Waals surface area contributed by atoms with Crippen molar-refractivity contribution in [1.29, 1.82) is 0 Å². The number of rotatable bonds is 7. The van der Waals surface area contributed by atoms with Crippen molar-refractivity contribution in [3.8, 4) is 17.0 Å². The summed E-state index contributed by atoms with van der Waals surface area (Å²) in [5.41, 5.74) is 2.14. The molecule has 3 amide bonds. The molecule has 13 nitrogen and oxygen atoms in total. The highest BCUT2D eigenvalue weighted by molar-refractivity contribution is 5.94. The van der Waals surface area contributed by atoms with E-state index in [0.717, 1.165) is 31.2 Å². The van der Waals surface area contributed by atoms with Gasteiger partial charge in [-0.25, -0.2) is 28.9 Å². The Morgan fingerprint density at radius 3 is 2.64 bits per heavy atom. The second kappa shape index (κ2) is 12.6. The Bertz CT molecular complexity index is 1700. The predicted molar refractivity (Wildman–Crippen MR) is 170 cm³/mol. The summed E-state index contributed by atoms with van der Waals surface area (Å²) in [6, 6.07) is 5.92. The van der Waals surface area contributed by atoms with Gasteiger partial charge >= 0.3 is 12.2 Å². The number of carbonyl (C=O) groups excluding carboxylic acids is 2. The number of carboxylic acid groups (broad SMARTS) is 1. The summed E-state index contributed by atoms with van der Waals surface area (Å²) < 4.78 is 25.9. The molecular formula is C33H38FN7O6. The summed E-state index contributed by atoms with van der Waals surface area (Å²) in [7, 11) is 0. The molecule has 0 unspecified atom stereocenters. The van der Waals surface area contributed by atoms with E-state index in [1.165, 1.54) is 23.2 Å². The number of hydrogen-bond acceptors (Lipinski definition) is 9. The van der Waals surface area contributed by atoms with Gasteiger partial charge in [0, 0.05) is 61.0 Å². The van der Waals surface area contributed by atoms with Crippen LogP contribution in [0.5, 0.6) is 5.75 Å². The van der Waals surface area contributed by atoms with Crippen LogP contribution in [0, 0.1) is 11.2 Å². The maximum absolute atomic E-state index is 14.7. The second-order valence-corrected chi connectivity index (χ2v) is 13.4. The number of nitrogens with zero attached hydrogens (tertiary/aromatic N) is 4. The summed E-state index contributed by atoms with van der Waals surface area (Å²) in [4.78, 5) is 51.0. The third kappa shape index (κ3) is 7.36. The van der Waals surface area contributed by atoms with Gasteiger partial charge in [-0.2, -0.15) is 0 Å². The molecule has 6 rings (SSSR count). The van der Waals surface area contributed by atoms with E-state index >= 15 is 0 Å². The highest BCUT2D eigenvalue weighted by atomic mass is 19.1. The lowest BCUT2D eigenvalue weighted by Crippen LogP contribution is -2.60. The molecule has 3 aromatic rings. The van der Waals surface area contributed by atoms with Crippen molar-refractivity contribution in [2.24, 2.45) is 5.41 Å². The number of anilines is 2. The molecule has 4 N–H and O–H groups in total. The molecule has 0 atom stereocenters. The lowest BCUT2D eigenvalue weighted by Gasteiger charge is -2.52. The zero-order chi connectivity index (χ0) is 33.3. The summed E-state index contributed by atoms with van der Waals surface area (Å²) in [5.74, 6) is 0.405. The fraction of sp³-hybridized carbons (Fsp3) is 0.455. The van der Waals surface area contributed by atoms with Gasteiger partial charge < -0.3 is 30.1 Å². The first-order valence-corrected chi connectivity index (χ1v) is 15.7. The van der Waals surface area contributed by atoms with Crippen molar-refractivity contribution < 1.29 is 33.4 Å². The Labute approximate surface area is 271 Å². The number of carbonyl (C=O) groups is 3. The number of nitrogens with one attached hydrogen (secondary N) is 3. The van der Waals surface area contributed by atoms with Crippen LogP contribution in [0.25, 0.3) is 11.3 Å². The summed E-state index contributed by atoms with van der Waals surface area (Å²) in [6.45, 7) is 7.05. The molecule has 1 aromatic carbocycles. The van der Waals surface area contributed by atoms with E-state index in [9.17, 15) is 18.8 Å². The number of fused-ring (bicyclic) bond motifs is 1. The van der Waals surface area contributed by atoms with Gasteiger partial charge in [-0.3, -0.25) is 10.1 Å². The largest absolute Gasteiger partial charge is 0.492 e. The zero-order valence-electron chi connectivity index (χ0n) is 26.6. The van der Waals surface area contributed by atoms with E-state index in [2.05, 4.69) is 30.9 Å². The van der Waals surface area contributed by atoms with Crippen LogP contribution in [0.4, 0.5) is 25.7 Å². The average Bonchev–Trinajstić information content (AvgIpc) is 3.48. The number of hydrogen-bond donors (Lipinski definition) is 4. The van der Waals surface area contributed by atoms with Gasteiger partial charge in [0.05, 0.1) is 17.9 Å². The Hall–Kier alpha value is -5.01. The molecule has 248 valence electrons. The first-order chi connectivity index (χ1) is 22.4. The summed E-state index contributed by atoms with van der Waals surface area (Å²) in [5, 5.41) is 18.0. The van der Waals surface area contributed by atoms with Crippen LogP contribution < -0.4 is 20.7 Å². The molecule has 1 saturated carbocycles. The maximum atomic E-state index is 14.7. The lowest BCUT2D eigenvalue weighted by atomic mass is 9.67. The third-order valence-corrected chi connectivity index (χ3v) is 8.65. The summed E-state index contributed by atoms with van der Waals surface area (Å²) in [6.07, 6.45) is 5.39. The Morgan fingerprint density at radius 2 is 1.91 bits per heavy atom. The molecule has 2 aromatic heterocycles. The molecule has 14 heteroatoms. The smallest absolute Gasteiger partial charge is 0.414 e. The van der Waals surface area contributed by atoms with E-state index < -0.39 is 23.6 Å². The minimum Gasteiger partial charge on any atom is -0.492 e. The van der Waals surface area contributed by atoms with E-state index in [4.69, 9.17) is 14.6 Å². The van der Waals surface area contributed by atoms with Crippen molar-refractivity contribution in [3.63, 3.8) is 0 Å². The minimum atomic E-state index is -0.889. The van der Waals surface area contributed by atoms with Gasteiger partial charge in [0.1, 0.15) is 23.0 Å². The van der Waals surface area contributed by atoms with E-state index in [0.29, 0.717) is 54.5 Å². The van der Waals surface area contributed by atoms with Crippen LogP contribution >= 0.6 is 0 Å². The molecule has 2 aliphatic heterocycles. The highest BCUT2D eigenvalue weighted by Gasteiger charge is 2.47. The van der Waals surface area contributed by atoms with Crippen molar-refractivity contribution in [2.75, 3.05) is 30.3 Å². The number of ether oxygens (including phenoxy) is 2. The van der Waals surface area contributed by atoms with Gasteiger partial charge in [-0.1, -0.05) is 0 Å². The fourth-order valence-corrected chi connectivity index (χ4v) is 6.41. The first-order valence-electron chi connectivity index (χ1n) is 15.7. The number of benzene rings is 1. The topological polar surface area (TPSA) is 168 Å². The van der Waals surface area contributed by atoms with E-state index in [1.54, 1.807) is 39.1 Å². The van der Waals surface area contributed by atoms with E-state index in [1.807, 2.05) is 0 Å². The van der Waals surface area contributed by atoms with E-state index in [-0.39, 0.29) is 35.4 Å². The summed E-state index contributed by atoms with van der Waals surface area (Å²) >= 11 is 0. The SMILES string of the molecule is CC(C)(C)OC(=O)Nc1nccc(-c2cnc(NCc3cc(F)cc(C(=O)NC4CCC5(CC4)CN(C(=O)O)C5)c3)c3c2OCC3)n1. The normalized spacial score (nSPS) is 16.9. The van der Waals surface area contributed by atoms with Crippen molar-refractivity contribution in [3.05, 3.63) is 59.2 Å².